The lowest BCUT2D eigenvalue weighted by atomic mass is 10.2. The number of carbonyl (C=O) groups is 1. The first-order chi connectivity index (χ1) is 11.8. The predicted octanol–water partition coefficient (Wildman–Crippen LogP) is 4.65. The van der Waals surface area contributed by atoms with Gasteiger partial charge in [0.1, 0.15) is 5.75 Å². The van der Waals surface area contributed by atoms with Crippen LogP contribution in [0.1, 0.15) is 5.56 Å². The minimum absolute atomic E-state index is 0.000476. The van der Waals surface area contributed by atoms with E-state index in [1.165, 1.54) is 12.1 Å². The quantitative estimate of drug-likeness (QED) is 0.553. The summed E-state index contributed by atoms with van der Waals surface area (Å²) in [5.74, 6) is 0.256. The number of halogens is 4. The van der Waals surface area contributed by atoms with Gasteiger partial charge in [0.2, 0.25) is 0 Å². The molecule has 0 unspecified atom stereocenters. The Morgan fingerprint density at radius 1 is 1.16 bits per heavy atom. The van der Waals surface area contributed by atoms with Crippen LogP contribution in [0.5, 0.6) is 5.75 Å². The molecule has 25 heavy (non-hydrogen) atoms. The van der Waals surface area contributed by atoms with Crippen molar-refractivity contribution >= 4 is 29.3 Å². The highest BCUT2D eigenvalue weighted by Gasteiger charge is 2.30. The summed E-state index contributed by atoms with van der Waals surface area (Å²) >= 11 is 7.34. The molecular formula is C17H15ClF3NO2S. The number of alkyl halides is 3. The second-order valence-corrected chi connectivity index (χ2v) is 6.57. The van der Waals surface area contributed by atoms with Gasteiger partial charge in [-0.2, -0.15) is 13.2 Å². The van der Waals surface area contributed by atoms with Crippen molar-refractivity contribution in [2.45, 2.75) is 11.1 Å². The molecule has 2 aromatic rings. The molecular weight excluding hydrogens is 375 g/mol. The van der Waals surface area contributed by atoms with E-state index in [1.54, 1.807) is 23.9 Å². The molecule has 0 aliphatic heterocycles. The average Bonchev–Trinajstić information content (AvgIpc) is 2.58. The Morgan fingerprint density at radius 2 is 1.88 bits per heavy atom. The first-order valence-electron chi connectivity index (χ1n) is 7.30. The normalized spacial score (nSPS) is 11.2. The molecule has 2 rings (SSSR count). The lowest BCUT2D eigenvalue weighted by Crippen LogP contribution is -2.30. The van der Waals surface area contributed by atoms with Gasteiger partial charge in [0, 0.05) is 22.2 Å². The van der Waals surface area contributed by atoms with Gasteiger partial charge in [0.15, 0.2) is 6.61 Å². The molecule has 0 aliphatic carbocycles. The molecule has 8 heteroatoms. The van der Waals surface area contributed by atoms with Gasteiger partial charge in [0.05, 0.1) is 5.56 Å². The van der Waals surface area contributed by atoms with E-state index in [9.17, 15) is 18.0 Å². The number of thioether (sulfide) groups is 1. The Labute approximate surface area is 152 Å². The lowest BCUT2D eigenvalue weighted by molar-refractivity contribution is -0.137. The summed E-state index contributed by atoms with van der Waals surface area (Å²) in [5, 5.41) is 3.30. The fraction of sp³-hybridized carbons (Fsp3) is 0.235. The SMILES string of the molecule is O=C(COc1cccc(C(F)(F)F)c1)NCCSc1ccc(Cl)cc1. The first kappa shape index (κ1) is 19.5. The second-order valence-electron chi connectivity index (χ2n) is 4.97. The summed E-state index contributed by atoms with van der Waals surface area (Å²) in [5.41, 5.74) is -0.815. The highest BCUT2D eigenvalue weighted by molar-refractivity contribution is 7.99. The van der Waals surface area contributed by atoms with Crippen molar-refractivity contribution in [3.05, 3.63) is 59.1 Å². The molecule has 1 N–H and O–H groups in total. The zero-order valence-electron chi connectivity index (χ0n) is 13.0. The number of benzene rings is 2. The van der Waals surface area contributed by atoms with Gasteiger partial charge in [-0.1, -0.05) is 17.7 Å². The van der Waals surface area contributed by atoms with Crippen molar-refractivity contribution in [1.82, 2.24) is 5.32 Å². The standard InChI is InChI=1S/C17H15ClF3NO2S/c18-13-4-6-15(7-5-13)25-9-8-22-16(23)11-24-14-3-1-2-12(10-14)17(19,20)21/h1-7,10H,8-9,11H2,(H,22,23). The van der Waals surface area contributed by atoms with E-state index in [2.05, 4.69) is 5.32 Å². The molecule has 0 atom stereocenters. The van der Waals surface area contributed by atoms with Crippen LogP contribution in [-0.4, -0.2) is 24.8 Å². The van der Waals surface area contributed by atoms with E-state index < -0.39 is 17.6 Å². The van der Waals surface area contributed by atoms with Crippen LogP contribution >= 0.6 is 23.4 Å². The monoisotopic (exact) mass is 389 g/mol. The Balaban J connectivity index is 1.69. The minimum Gasteiger partial charge on any atom is -0.484 e. The molecule has 0 spiro atoms. The molecule has 0 radical (unpaired) electrons. The highest BCUT2D eigenvalue weighted by atomic mass is 35.5. The number of nitrogens with one attached hydrogen (secondary N) is 1. The summed E-state index contributed by atoms with van der Waals surface area (Å²) in [6, 6.07) is 11.7. The third-order valence-corrected chi connectivity index (χ3v) is 4.30. The fourth-order valence-corrected chi connectivity index (χ4v) is 2.75. The number of carbonyl (C=O) groups excluding carboxylic acids is 1. The van der Waals surface area contributed by atoms with Crippen molar-refractivity contribution in [2.75, 3.05) is 18.9 Å². The van der Waals surface area contributed by atoms with E-state index in [1.807, 2.05) is 12.1 Å². The molecule has 134 valence electrons. The molecule has 0 heterocycles. The van der Waals surface area contributed by atoms with Crippen molar-refractivity contribution in [3.63, 3.8) is 0 Å². The third kappa shape index (κ3) is 6.88. The minimum atomic E-state index is -4.44. The summed E-state index contributed by atoms with van der Waals surface area (Å²) in [6.45, 7) is 0.0744. The van der Waals surface area contributed by atoms with Crippen LogP contribution in [-0.2, 0) is 11.0 Å². The van der Waals surface area contributed by atoms with Gasteiger partial charge in [-0.3, -0.25) is 4.79 Å². The summed E-state index contributed by atoms with van der Waals surface area (Å²) in [4.78, 5) is 12.7. The maximum atomic E-state index is 12.6. The van der Waals surface area contributed by atoms with E-state index in [4.69, 9.17) is 16.3 Å². The molecule has 0 aromatic heterocycles. The first-order valence-corrected chi connectivity index (χ1v) is 8.66. The van der Waals surface area contributed by atoms with Gasteiger partial charge < -0.3 is 10.1 Å². The smallest absolute Gasteiger partial charge is 0.416 e. The number of hydrogen-bond acceptors (Lipinski definition) is 3. The summed E-state index contributed by atoms with van der Waals surface area (Å²) in [7, 11) is 0. The fourth-order valence-electron chi connectivity index (χ4n) is 1.85. The van der Waals surface area contributed by atoms with Crippen molar-refractivity contribution in [3.8, 4) is 5.75 Å². The Hall–Kier alpha value is -1.86. The Morgan fingerprint density at radius 3 is 2.56 bits per heavy atom. The lowest BCUT2D eigenvalue weighted by Gasteiger charge is -2.10. The van der Waals surface area contributed by atoms with Crippen molar-refractivity contribution < 1.29 is 22.7 Å². The average molecular weight is 390 g/mol. The van der Waals surface area contributed by atoms with Gasteiger partial charge in [-0.25, -0.2) is 0 Å². The van der Waals surface area contributed by atoms with Gasteiger partial charge in [-0.15, -0.1) is 11.8 Å². The maximum absolute atomic E-state index is 12.6. The van der Waals surface area contributed by atoms with Gasteiger partial charge in [0.25, 0.3) is 5.91 Å². The van der Waals surface area contributed by atoms with Crippen LogP contribution in [0.4, 0.5) is 13.2 Å². The Kier molecular flexibility index (Phi) is 7.01. The number of hydrogen-bond donors (Lipinski definition) is 1. The topological polar surface area (TPSA) is 38.3 Å². The summed E-state index contributed by atoms with van der Waals surface area (Å²) in [6.07, 6.45) is -4.44. The van der Waals surface area contributed by atoms with Crippen LogP contribution < -0.4 is 10.1 Å². The van der Waals surface area contributed by atoms with E-state index in [-0.39, 0.29) is 12.4 Å². The number of amides is 1. The van der Waals surface area contributed by atoms with E-state index >= 15 is 0 Å². The largest absolute Gasteiger partial charge is 0.484 e. The number of ether oxygens (including phenoxy) is 1. The predicted molar refractivity (Wildman–Crippen MR) is 92.1 cm³/mol. The van der Waals surface area contributed by atoms with Crippen LogP contribution in [0, 0.1) is 0 Å². The zero-order valence-corrected chi connectivity index (χ0v) is 14.5. The maximum Gasteiger partial charge on any atom is 0.416 e. The third-order valence-electron chi connectivity index (χ3n) is 3.04. The molecule has 0 aliphatic rings. The highest BCUT2D eigenvalue weighted by Crippen LogP contribution is 2.31. The zero-order chi connectivity index (χ0) is 18.3. The van der Waals surface area contributed by atoms with Crippen LogP contribution in [0.25, 0.3) is 0 Å². The molecule has 1 amide bonds. The second kappa shape index (κ2) is 9.01. The molecule has 2 aromatic carbocycles. The van der Waals surface area contributed by atoms with E-state index in [0.29, 0.717) is 17.3 Å². The molecule has 0 bridgehead atoms. The molecule has 3 nitrogen and oxygen atoms in total. The van der Waals surface area contributed by atoms with Gasteiger partial charge in [-0.05, 0) is 42.5 Å². The Bertz CT molecular complexity index is 708. The van der Waals surface area contributed by atoms with Crippen LogP contribution in [0.2, 0.25) is 5.02 Å². The van der Waals surface area contributed by atoms with Crippen LogP contribution in [0.15, 0.2) is 53.4 Å². The summed E-state index contributed by atoms with van der Waals surface area (Å²) < 4.78 is 42.9. The molecule has 0 fully saturated rings. The number of rotatable bonds is 7. The van der Waals surface area contributed by atoms with Crippen LogP contribution in [0.3, 0.4) is 0 Å². The van der Waals surface area contributed by atoms with E-state index in [0.717, 1.165) is 17.0 Å². The van der Waals surface area contributed by atoms with Gasteiger partial charge >= 0.3 is 6.18 Å². The molecule has 0 saturated carbocycles. The molecule has 0 saturated heterocycles. The van der Waals surface area contributed by atoms with Crippen molar-refractivity contribution in [1.29, 1.82) is 0 Å². The van der Waals surface area contributed by atoms with Crippen molar-refractivity contribution in [2.24, 2.45) is 0 Å².